The van der Waals surface area contributed by atoms with Crippen LogP contribution in [-0.4, -0.2) is 97.8 Å². The summed E-state index contributed by atoms with van der Waals surface area (Å²) in [4.78, 5) is 49.4. The minimum atomic E-state index is -1.17. The molecule has 502 valence electrons. The van der Waals surface area contributed by atoms with Crippen LogP contribution in [0.2, 0.25) is 30.1 Å². The van der Waals surface area contributed by atoms with E-state index in [1.165, 1.54) is 10.9 Å². The highest BCUT2D eigenvalue weighted by molar-refractivity contribution is 6.33. The van der Waals surface area contributed by atoms with Gasteiger partial charge in [-0.3, -0.25) is 53.9 Å². The van der Waals surface area contributed by atoms with Gasteiger partial charge in [0.2, 0.25) is 0 Å². The first-order valence-electron chi connectivity index (χ1n) is 29.8. The van der Waals surface area contributed by atoms with Gasteiger partial charge in [0.05, 0.1) is 109 Å². The lowest BCUT2D eigenvalue weighted by Crippen LogP contribution is -2.23. The van der Waals surface area contributed by atoms with E-state index in [1.54, 1.807) is 88.9 Å². The van der Waals surface area contributed by atoms with E-state index in [0.29, 0.717) is 56.3 Å². The number of nitrogens with one attached hydrogen (secondary N) is 5. The standard InChI is InChI=1S/2C23H15Cl2N7O.C15H9ClN4O2.C8H8ClN3.ClH/c2*24-15-2-4-20-17(7-15)22(30-29-20)10-28-23(33)18-12-32(31-21(18)8-26)11-13-1-3-19-14(5-13)6-16(25)9-27-19;16-11-4-10-3-9(1-2-13(10)18-6-11)7-20-8-12(15(21)22)14(5-17)19-20;9-5-1-2-7-6(3-5)8(4-10)12-11-7;/h2*1-7,9,12H,10-11H2,(H,28,33)(H,29,30);1-4,6,8H,7H2,(H,21,22);1-3H,4,10H2,(H,11,12);1H. The van der Waals surface area contributed by atoms with Gasteiger partial charge in [-0.25, -0.2) is 4.79 Å². The summed E-state index contributed by atoms with van der Waals surface area (Å²) < 4.78 is 4.57. The largest absolute Gasteiger partial charge is 0.478 e. The van der Waals surface area contributed by atoms with Crippen LogP contribution in [-0.2, 0) is 39.3 Å². The molecule has 25 nitrogen and oxygen atoms in total. The lowest BCUT2D eigenvalue weighted by atomic mass is 10.1. The molecule has 6 aromatic carbocycles. The average molecular weight is 1480 g/mol. The second kappa shape index (κ2) is 31.5. The first-order valence-corrected chi connectivity index (χ1v) is 32.1. The van der Waals surface area contributed by atoms with E-state index in [2.05, 4.69) is 71.5 Å². The summed E-state index contributed by atoms with van der Waals surface area (Å²) in [5.74, 6) is -1.98. The van der Waals surface area contributed by atoms with E-state index in [1.807, 2.05) is 97.1 Å². The zero-order chi connectivity index (χ0) is 70.1. The molecule has 101 heavy (non-hydrogen) atoms. The lowest BCUT2D eigenvalue weighted by molar-refractivity contribution is 0.0695. The highest BCUT2D eigenvalue weighted by Gasteiger charge is 2.21. The molecule has 8 N–H and O–H groups in total. The molecular weight excluding hydrogens is 1440 g/mol. The zero-order valence-electron chi connectivity index (χ0n) is 52.0. The van der Waals surface area contributed by atoms with E-state index in [9.17, 15) is 24.9 Å². The summed E-state index contributed by atoms with van der Waals surface area (Å²) in [6, 6.07) is 44.6. The Kier molecular flexibility index (Phi) is 22.1. The van der Waals surface area contributed by atoms with Crippen LogP contribution in [0.15, 0.2) is 165 Å². The number of aromatic nitrogens is 15. The number of carboxylic acids is 1. The predicted molar refractivity (Wildman–Crippen MR) is 386 cm³/mol. The van der Waals surface area contributed by atoms with Crippen molar-refractivity contribution in [2.45, 2.75) is 39.3 Å². The second-order valence-corrected chi connectivity index (χ2v) is 24.7. The first-order chi connectivity index (χ1) is 48.4. The van der Waals surface area contributed by atoms with Gasteiger partial charge in [-0.1, -0.05) is 87.8 Å². The number of carbonyl (C=O) groups is 3. The number of amides is 2. The number of carbonyl (C=O) groups excluding carboxylic acids is 2. The summed E-state index contributed by atoms with van der Waals surface area (Å²) in [6.45, 7) is 1.97. The van der Waals surface area contributed by atoms with Crippen molar-refractivity contribution in [1.82, 2.24) is 85.5 Å². The van der Waals surface area contributed by atoms with Crippen LogP contribution in [0.3, 0.4) is 0 Å². The van der Waals surface area contributed by atoms with Crippen molar-refractivity contribution in [2.75, 3.05) is 0 Å². The topological polar surface area (TPSA) is 371 Å². The Morgan fingerprint density at radius 1 is 0.436 bits per heavy atom. The van der Waals surface area contributed by atoms with E-state index >= 15 is 0 Å². The fourth-order valence-electron chi connectivity index (χ4n) is 10.6. The molecule has 0 bridgehead atoms. The fraction of sp³-hybridized carbons (Fsp3) is 0.0870. The van der Waals surface area contributed by atoms with Crippen molar-refractivity contribution in [3.8, 4) is 18.2 Å². The molecule has 0 saturated heterocycles. The molecule has 9 heterocycles. The number of carboxylic acid groups (broad SMARTS) is 1. The van der Waals surface area contributed by atoms with Crippen LogP contribution in [0.1, 0.15) is 81.9 Å². The molecule has 9 aromatic heterocycles. The van der Waals surface area contributed by atoms with Gasteiger partial charge in [0.25, 0.3) is 11.8 Å². The summed E-state index contributed by atoms with van der Waals surface area (Å²) in [5, 5.41) is 85.0. The second-order valence-electron chi connectivity index (χ2n) is 22.1. The van der Waals surface area contributed by atoms with E-state index < -0.39 is 17.8 Å². The van der Waals surface area contributed by atoms with Crippen LogP contribution in [0, 0.1) is 34.0 Å². The quantitative estimate of drug-likeness (QED) is 0.0532. The van der Waals surface area contributed by atoms with Crippen LogP contribution >= 0.6 is 82.0 Å². The Bertz CT molecular complexity index is 5570. The molecule has 0 aliphatic carbocycles. The maximum absolute atomic E-state index is 12.8. The number of pyridine rings is 3. The van der Waals surface area contributed by atoms with Gasteiger partial charge >= 0.3 is 5.97 Å². The van der Waals surface area contributed by atoms with E-state index in [0.717, 1.165) is 99.2 Å². The minimum Gasteiger partial charge on any atom is -0.478 e. The smallest absolute Gasteiger partial charge is 0.340 e. The third kappa shape index (κ3) is 16.8. The third-order valence-corrected chi connectivity index (χ3v) is 16.7. The van der Waals surface area contributed by atoms with E-state index in [4.69, 9.17) is 85.7 Å². The van der Waals surface area contributed by atoms with Crippen molar-refractivity contribution in [2.24, 2.45) is 5.73 Å². The lowest BCUT2D eigenvalue weighted by Gasteiger charge is -2.04. The highest BCUT2D eigenvalue weighted by Crippen LogP contribution is 2.27. The monoisotopic (exact) mass is 1480 g/mol. The number of benzene rings is 6. The maximum Gasteiger partial charge on any atom is 0.340 e. The Morgan fingerprint density at radius 2 is 0.752 bits per heavy atom. The van der Waals surface area contributed by atoms with Crippen molar-refractivity contribution in [1.29, 1.82) is 15.8 Å². The number of nitrogens with zero attached hydrogens (tertiary/aromatic N) is 15. The fourth-order valence-corrected chi connectivity index (χ4v) is 11.6. The van der Waals surface area contributed by atoms with Gasteiger partial charge in [-0.05, 0) is 126 Å². The molecule has 0 atom stereocenters. The van der Waals surface area contributed by atoms with Gasteiger partial charge < -0.3 is 21.5 Å². The van der Waals surface area contributed by atoms with Crippen LogP contribution in [0.4, 0.5) is 0 Å². The molecule has 0 fully saturated rings. The SMILES string of the molecule is Cl.N#Cc1nn(Cc2ccc3ncc(Cl)cc3c2)cc1C(=O)NCc1[nH]nc2ccc(Cl)cc12.N#Cc1nn(Cc2ccc3ncc(Cl)cc3c2)cc1C(=O)NCc1[nH]nc2ccc(Cl)cc12.N#Cc1nn(Cc2ccc3ncc(Cl)cc3c2)cc1C(=O)O.NCc1[nH]nc2ccc(Cl)cc12. The average Bonchev–Trinajstić information content (AvgIpc) is 1.67. The molecule has 0 aliphatic rings. The number of hydrogen-bond acceptors (Lipinski definition) is 16. The zero-order valence-corrected chi connectivity index (χ0v) is 57.3. The molecule has 0 unspecified atom stereocenters. The minimum absolute atomic E-state index is 0. The number of aromatic carboxylic acids is 1. The third-order valence-electron chi connectivity index (χ3n) is 15.3. The number of rotatable bonds is 14. The maximum atomic E-state index is 12.8. The van der Waals surface area contributed by atoms with Crippen LogP contribution in [0.25, 0.3) is 65.4 Å². The number of nitrogens with two attached hydrogens (primary N) is 1. The number of hydrogen-bond donors (Lipinski definition) is 7. The van der Waals surface area contributed by atoms with E-state index in [-0.39, 0.29) is 59.3 Å². The summed E-state index contributed by atoms with van der Waals surface area (Å²) in [7, 11) is 0. The molecule has 15 aromatic rings. The van der Waals surface area contributed by atoms with Crippen molar-refractivity contribution >= 4 is 165 Å². The summed E-state index contributed by atoms with van der Waals surface area (Å²) in [6.07, 6.45) is 9.26. The predicted octanol–water partition coefficient (Wildman–Crippen LogP) is 13.7. The molecule has 0 aliphatic heterocycles. The number of H-pyrrole nitrogens is 3. The summed E-state index contributed by atoms with van der Waals surface area (Å²) in [5.41, 5.74) is 15.8. The molecular formula is C69H48Cl7N21O4. The molecule has 0 spiro atoms. The molecule has 15 rings (SSSR count). The van der Waals surface area contributed by atoms with Crippen molar-refractivity contribution < 1.29 is 19.5 Å². The van der Waals surface area contributed by atoms with Crippen molar-refractivity contribution in [3.63, 3.8) is 0 Å². The van der Waals surface area contributed by atoms with Gasteiger partial charge in [-0.2, -0.15) is 46.4 Å². The van der Waals surface area contributed by atoms with Crippen LogP contribution in [0.5, 0.6) is 0 Å². The Labute approximate surface area is 607 Å². The number of aromatic amines is 3. The van der Waals surface area contributed by atoms with Gasteiger partial charge in [-0.15, -0.1) is 12.4 Å². The first kappa shape index (κ1) is 70.8. The number of nitriles is 3. The molecule has 0 saturated carbocycles. The number of fused-ring (bicyclic) bond motifs is 6. The van der Waals surface area contributed by atoms with Gasteiger partial charge in [0.1, 0.15) is 23.8 Å². The van der Waals surface area contributed by atoms with Crippen LogP contribution < -0.4 is 16.4 Å². The van der Waals surface area contributed by atoms with Gasteiger partial charge in [0.15, 0.2) is 17.1 Å². The van der Waals surface area contributed by atoms with Crippen molar-refractivity contribution in [3.05, 3.63) is 262 Å². The Hall–Kier alpha value is -11.5. The molecule has 0 radical (unpaired) electrons. The normalized spacial score (nSPS) is 10.8. The Balaban J connectivity index is 0.000000142. The highest BCUT2D eigenvalue weighted by atomic mass is 35.5. The molecule has 32 heteroatoms. The van der Waals surface area contributed by atoms with Gasteiger partial charge in [0, 0.05) is 91.1 Å². The summed E-state index contributed by atoms with van der Waals surface area (Å²) >= 11 is 36.0. The Morgan fingerprint density at radius 3 is 1.08 bits per heavy atom. The number of halogens is 7. The molecule has 2 amide bonds.